The minimum atomic E-state index is -2.79. The number of nitrogens with one attached hydrogen (secondary N) is 1. The van der Waals surface area contributed by atoms with Crippen LogP contribution in [0.15, 0.2) is 36.7 Å². The Morgan fingerprint density at radius 1 is 1.32 bits per heavy atom. The zero-order chi connectivity index (χ0) is 13.7. The molecular formula is C13H15F2N3O. The van der Waals surface area contributed by atoms with E-state index < -0.39 is 6.61 Å². The number of ether oxygens (including phenoxy) is 1. The number of halogens is 2. The van der Waals surface area contributed by atoms with Crippen molar-refractivity contribution in [1.82, 2.24) is 9.55 Å². The molecule has 1 aromatic carbocycles. The number of hydrogen-bond acceptors (Lipinski definition) is 3. The molecule has 0 amide bonds. The molecule has 0 aliphatic rings. The summed E-state index contributed by atoms with van der Waals surface area (Å²) >= 11 is 0. The van der Waals surface area contributed by atoms with Crippen LogP contribution in [0.4, 0.5) is 14.5 Å². The Morgan fingerprint density at radius 2 is 2.05 bits per heavy atom. The smallest absolute Gasteiger partial charge is 0.387 e. The largest absolute Gasteiger partial charge is 0.435 e. The number of aromatic nitrogens is 2. The van der Waals surface area contributed by atoms with Crippen LogP contribution in [0, 0.1) is 6.92 Å². The SMILES string of the molecule is Cc1nccn1CCNc1ccc(OC(F)F)cc1. The summed E-state index contributed by atoms with van der Waals surface area (Å²) in [5.41, 5.74) is 0.861. The maximum atomic E-state index is 12.0. The van der Waals surface area contributed by atoms with Crippen molar-refractivity contribution in [2.45, 2.75) is 20.1 Å². The molecule has 0 saturated carbocycles. The van der Waals surface area contributed by atoms with Crippen LogP contribution in [0.25, 0.3) is 0 Å². The minimum Gasteiger partial charge on any atom is -0.435 e. The van der Waals surface area contributed by atoms with E-state index in [4.69, 9.17) is 0 Å². The highest BCUT2D eigenvalue weighted by atomic mass is 19.3. The van der Waals surface area contributed by atoms with Gasteiger partial charge in [0, 0.05) is 31.2 Å². The molecule has 0 aliphatic heterocycles. The van der Waals surface area contributed by atoms with Gasteiger partial charge in [0.2, 0.25) is 0 Å². The second-order valence-corrected chi connectivity index (χ2v) is 4.00. The van der Waals surface area contributed by atoms with E-state index in [1.807, 2.05) is 17.7 Å². The molecule has 1 heterocycles. The van der Waals surface area contributed by atoms with E-state index in [2.05, 4.69) is 15.0 Å². The highest BCUT2D eigenvalue weighted by Gasteiger charge is 2.03. The molecule has 0 saturated heterocycles. The molecule has 0 aliphatic carbocycles. The van der Waals surface area contributed by atoms with E-state index in [9.17, 15) is 8.78 Å². The van der Waals surface area contributed by atoms with E-state index in [1.54, 1.807) is 18.3 Å². The molecule has 0 atom stereocenters. The van der Waals surface area contributed by atoms with Gasteiger partial charge in [-0.25, -0.2) is 4.98 Å². The molecule has 1 N–H and O–H groups in total. The van der Waals surface area contributed by atoms with Gasteiger partial charge in [-0.05, 0) is 31.2 Å². The summed E-state index contributed by atoms with van der Waals surface area (Å²) in [6.07, 6.45) is 3.67. The number of alkyl halides is 2. The van der Waals surface area contributed by atoms with Crippen molar-refractivity contribution in [2.75, 3.05) is 11.9 Å². The van der Waals surface area contributed by atoms with Gasteiger partial charge in [0.15, 0.2) is 0 Å². The quantitative estimate of drug-likeness (QED) is 0.874. The lowest BCUT2D eigenvalue weighted by atomic mass is 10.3. The number of rotatable bonds is 6. The fraction of sp³-hybridized carbons (Fsp3) is 0.308. The van der Waals surface area contributed by atoms with E-state index in [-0.39, 0.29) is 5.75 Å². The van der Waals surface area contributed by atoms with Crippen molar-refractivity contribution >= 4 is 5.69 Å². The van der Waals surface area contributed by atoms with Crippen LogP contribution in [0.1, 0.15) is 5.82 Å². The third kappa shape index (κ3) is 3.94. The van der Waals surface area contributed by atoms with Gasteiger partial charge in [-0.1, -0.05) is 0 Å². The molecule has 2 rings (SSSR count). The Morgan fingerprint density at radius 3 is 2.63 bits per heavy atom. The normalized spacial score (nSPS) is 10.7. The van der Waals surface area contributed by atoms with Crippen LogP contribution in [0.2, 0.25) is 0 Å². The van der Waals surface area contributed by atoms with Gasteiger partial charge in [-0.2, -0.15) is 8.78 Å². The number of hydrogen-bond donors (Lipinski definition) is 1. The Kier molecular flexibility index (Phi) is 4.33. The summed E-state index contributed by atoms with van der Waals surface area (Å²) in [5, 5.41) is 3.20. The molecule has 1 aromatic heterocycles. The first-order chi connectivity index (χ1) is 9.15. The molecule has 0 radical (unpaired) electrons. The molecule has 19 heavy (non-hydrogen) atoms. The lowest BCUT2D eigenvalue weighted by molar-refractivity contribution is -0.0498. The zero-order valence-corrected chi connectivity index (χ0v) is 10.5. The van der Waals surface area contributed by atoms with Crippen LogP contribution in [0.5, 0.6) is 5.75 Å². The Balaban J connectivity index is 1.81. The molecule has 102 valence electrons. The van der Waals surface area contributed by atoms with E-state index in [1.165, 1.54) is 12.1 Å². The minimum absolute atomic E-state index is 0.158. The predicted octanol–water partition coefficient (Wildman–Crippen LogP) is 2.91. The third-order valence-corrected chi connectivity index (χ3v) is 2.68. The van der Waals surface area contributed by atoms with Gasteiger partial charge < -0.3 is 14.6 Å². The second kappa shape index (κ2) is 6.17. The van der Waals surface area contributed by atoms with Crippen molar-refractivity contribution in [3.05, 3.63) is 42.5 Å². The molecule has 0 spiro atoms. The Hall–Kier alpha value is -2.11. The van der Waals surface area contributed by atoms with Gasteiger partial charge in [-0.15, -0.1) is 0 Å². The van der Waals surface area contributed by atoms with Gasteiger partial charge in [-0.3, -0.25) is 0 Å². The van der Waals surface area contributed by atoms with Crippen LogP contribution in [0.3, 0.4) is 0 Å². The standard InChI is InChI=1S/C13H15F2N3O/c1-10-16-6-8-18(10)9-7-17-11-2-4-12(5-3-11)19-13(14)15/h2-6,8,13,17H,7,9H2,1H3. The van der Waals surface area contributed by atoms with Gasteiger partial charge in [0.25, 0.3) is 0 Å². The first-order valence-corrected chi connectivity index (χ1v) is 5.91. The molecule has 2 aromatic rings. The van der Waals surface area contributed by atoms with Crippen LogP contribution < -0.4 is 10.1 Å². The van der Waals surface area contributed by atoms with Crippen LogP contribution in [-0.4, -0.2) is 22.7 Å². The maximum Gasteiger partial charge on any atom is 0.387 e. The van der Waals surface area contributed by atoms with Gasteiger partial charge in [0.1, 0.15) is 11.6 Å². The highest BCUT2D eigenvalue weighted by molar-refractivity contribution is 5.46. The third-order valence-electron chi connectivity index (χ3n) is 2.68. The molecule has 6 heteroatoms. The van der Waals surface area contributed by atoms with Crippen molar-refractivity contribution in [3.63, 3.8) is 0 Å². The molecule has 0 unspecified atom stereocenters. The van der Waals surface area contributed by atoms with E-state index in [0.29, 0.717) is 0 Å². The van der Waals surface area contributed by atoms with Crippen molar-refractivity contribution < 1.29 is 13.5 Å². The Labute approximate surface area is 110 Å². The first-order valence-electron chi connectivity index (χ1n) is 5.91. The average molecular weight is 267 g/mol. The highest BCUT2D eigenvalue weighted by Crippen LogP contribution is 2.17. The van der Waals surface area contributed by atoms with E-state index >= 15 is 0 Å². The van der Waals surface area contributed by atoms with Gasteiger partial charge in [0.05, 0.1) is 0 Å². The number of benzene rings is 1. The monoisotopic (exact) mass is 267 g/mol. The van der Waals surface area contributed by atoms with Gasteiger partial charge >= 0.3 is 6.61 Å². The summed E-state index contributed by atoms with van der Waals surface area (Å²) in [5.74, 6) is 1.12. The first kappa shape index (κ1) is 13.3. The lowest BCUT2D eigenvalue weighted by Gasteiger charge is -2.09. The number of anilines is 1. The maximum absolute atomic E-state index is 12.0. The number of nitrogens with zero attached hydrogens (tertiary/aromatic N) is 2. The van der Waals surface area contributed by atoms with Crippen molar-refractivity contribution in [1.29, 1.82) is 0 Å². The fourth-order valence-corrected chi connectivity index (χ4v) is 1.71. The zero-order valence-electron chi connectivity index (χ0n) is 10.5. The number of imidazole rings is 1. The molecule has 4 nitrogen and oxygen atoms in total. The molecular weight excluding hydrogens is 252 g/mol. The summed E-state index contributed by atoms with van der Waals surface area (Å²) in [7, 11) is 0. The van der Waals surface area contributed by atoms with Crippen LogP contribution >= 0.6 is 0 Å². The summed E-state index contributed by atoms with van der Waals surface area (Å²) in [6.45, 7) is 0.673. The van der Waals surface area contributed by atoms with E-state index in [0.717, 1.165) is 24.6 Å². The number of aryl methyl sites for hydroxylation is 1. The van der Waals surface area contributed by atoms with Crippen molar-refractivity contribution in [2.24, 2.45) is 0 Å². The lowest BCUT2D eigenvalue weighted by Crippen LogP contribution is -2.11. The average Bonchev–Trinajstić information content (AvgIpc) is 2.77. The fourth-order valence-electron chi connectivity index (χ4n) is 1.71. The summed E-state index contributed by atoms with van der Waals surface area (Å²) in [6, 6.07) is 6.44. The second-order valence-electron chi connectivity index (χ2n) is 4.00. The topological polar surface area (TPSA) is 39.1 Å². The Bertz CT molecular complexity index is 511. The predicted molar refractivity (Wildman–Crippen MR) is 68.5 cm³/mol. The van der Waals surface area contributed by atoms with Crippen molar-refractivity contribution in [3.8, 4) is 5.75 Å². The summed E-state index contributed by atoms with van der Waals surface area (Å²) < 4.78 is 30.2. The molecule has 0 fully saturated rings. The van der Waals surface area contributed by atoms with Crippen LogP contribution in [-0.2, 0) is 6.54 Å². The summed E-state index contributed by atoms with van der Waals surface area (Å²) in [4.78, 5) is 4.13. The molecule has 0 bridgehead atoms.